The molecule has 0 aliphatic carbocycles. The number of nitrogen functional groups attached to an aromatic ring is 1. The Labute approximate surface area is 115 Å². The molecule has 0 unspecified atom stereocenters. The zero-order chi connectivity index (χ0) is 13.3. The molecule has 0 aliphatic heterocycles. The van der Waals surface area contributed by atoms with Crippen molar-refractivity contribution < 1.29 is 4.79 Å². The fourth-order valence-electron chi connectivity index (χ4n) is 1.68. The molecule has 0 fully saturated rings. The van der Waals surface area contributed by atoms with Gasteiger partial charge in [-0.1, -0.05) is 17.7 Å². The molecule has 0 aliphatic rings. The van der Waals surface area contributed by atoms with Gasteiger partial charge in [0.15, 0.2) is 0 Å². The molecule has 1 aromatic heterocycles. The van der Waals surface area contributed by atoms with E-state index in [1.807, 2.05) is 26.0 Å². The minimum atomic E-state index is -0.202. The Morgan fingerprint density at radius 3 is 2.67 bits per heavy atom. The highest BCUT2D eigenvalue weighted by atomic mass is 35.5. The smallest absolute Gasteiger partial charge is 0.267 e. The Balaban J connectivity index is 2.33. The molecule has 3 nitrogen and oxygen atoms in total. The largest absolute Gasteiger partial charge is 0.398 e. The first-order chi connectivity index (χ1) is 8.50. The van der Waals surface area contributed by atoms with Crippen molar-refractivity contribution >= 4 is 40.2 Å². The Kier molecular flexibility index (Phi) is 3.59. The number of anilines is 2. The van der Waals surface area contributed by atoms with E-state index in [9.17, 15) is 4.79 Å². The number of nitrogens with two attached hydrogens (primary N) is 1. The summed E-state index contributed by atoms with van der Waals surface area (Å²) in [4.78, 5) is 12.6. The van der Waals surface area contributed by atoms with Crippen LogP contribution in [-0.4, -0.2) is 5.91 Å². The van der Waals surface area contributed by atoms with Crippen molar-refractivity contribution in [1.82, 2.24) is 0 Å². The van der Waals surface area contributed by atoms with Gasteiger partial charge < -0.3 is 11.1 Å². The number of rotatable bonds is 2. The van der Waals surface area contributed by atoms with Gasteiger partial charge in [0, 0.05) is 11.4 Å². The van der Waals surface area contributed by atoms with Crippen LogP contribution in [0.1, 0.15) is 20.8 Å². The zero-order valence-electron chi connectivity index (χ0n) is 10.1. The second kappa shape index (κ2) is 5.00. The van der Waals surface area contributed by atoms with Crippen molar-refractivity contribution in [3.8, 4) is 0 Å². The number of benzene rings is 1. The fourth-order valence-corrected chi connectivity index (χ4v) is 2.72. The minimum absolute atomic E-state index is 0.202. The molecule has 0 atom stereocenters. The van der Waals surface area contributed by atoms with Crippen LogP contribution in [0.25, 0.3) is 0 Å². The van der Waals surface area contributed by atoms with E-state index >= 15 is 0 Å². The van der Waals surface area contributed by atoms with Gasteiger partial charge in [0.1, 0.15) is 4.88 Å². The third-order valence-electron chi connectivity index (χ3n) is 2.78. The summed E-state index contributed by atoms with van der Waals surface area (Å²) in [5, 5.41) is 5.13. The van der Waals surface area contributed by atoms with Crippen LogP contribution >= 0.6 is 22.9 Å². The van der Waals surface area contributed by atoms with Crippen LogP contribution in [0.2, 0.25) is 5.02 Å². The number of aryl methyl sites for hydroxylation is 1. The molecule has 0 bridgehead atoms. The lowest BCUT2D eigenvalue weighted by Gasteiger charge is -2.13. The fraction of sp³-hybridized carbons (Fsp3) is 0.154. The van der Waals surface area contributed by atoms with Gasteiger partial charge in [-0.05, 0) is 42.5 Å². The molecule has 0 saturated carbocycles. The van der Waals surface area contributed by atoms with E-state index in [1.54, 1.807) is 11.4 Å². The molecule has 94 valence electrons. The predicted octanol–water partition coefficient (Wildman–Crippen LogP) is 3.85. The van der Waals surface area contributed by atoms with Crippen molar-refractivity contribution in [3.63, 3.8) is 0 Å². The molecule has 0 saturated heterocycles. The van der Waals surface area contributed by atoms with Crippen LogP contribution in [0.15, 0.2) is 23.6 Å². The van der Waals surface area contributed by atoms with E-state index in [1.165, 1.54) is 11.3 Å². The summed E-state index contributed by atoms with van der Waals surface area (Å²) >= 11 is 7.25. The standard InChI is InChI=1S/C13H13ClN2OS/c1-7-3-4-10(15)8(2)11(7)16-13(17)12-9(14)5-6-18-12/h3-6H,15H2,1-2H3,(H,16,17). The van der Waals surface area contributed by atoms with Crippen LogP contribution in [-0.2, 0) is 0 Å². The number of carbonyl (C=O) groups is 1. The second-order valence-corrected chi connectivity index (χ2v) is 5.35. The first-order valence-electron chi connectivity index (χ1n) is 5.40. The lowest BCUT2D eigenvalue weighted by molar-refractivity contribution is 0.103. The highest BCUT2D eigenvalue weighted by molar-refractivity contribution is 7.12. The first kappa shape index (κ1) is 12.9. The summed E-state index contributed by atoms with van der Waals surface area (Å²) in [7, 11) is 0. The van der Waals surface area contributed by atoms with Gasteiger partial charge in [0.25, 0.3) is 5.91 Å². The summed E-state index contributed by atoms with van der Waals surface area (Å²) in [5.41, 5.74) is 9.10. The minimum Gasteiger partial charge on any atom is -0.398 e. The maximum atomic E-state index is 12.1. The van der Waals surface area contributed by atoms with Crippen molar-refractivity contribution in [2.24, 2.45) is 0 Å². The molecule has 1 heterocycles. The van der Waals surface area contributed by atoms with E-state index in [0.717, 1.165) is 16.8 Å². The molecular weight excluding hydrogens is 268 g/mol. The quantitative estimate of drug-likeness (QED) is 0.821. The van der Waals surface area contributed by atoms with Gasteiger partial charge in [-0.25, -0.2) is 0 Å². The Morgan fingerprint density at radius 2 is 2.06 bits per heavy atom. The molecule has 3 N–H and O–H groups in total. The van der Waals surface area contributed by atoms with Crippen molar-refractivity contribution in [1.29, 1.82) is 0 Å². The number of hydrogen-bond donors (Lipinski definition) is 2. The maximum absolute atomic E-state index is 12.1. The van der Waals surface area contributed by atoms with Gasteiger partial charge in [-0.2, -0.15) is 0 Å². The Bertz CT molecular complexity index is 607. The van der Waals surface area contributed by atoms with Crippen molar-refractivity contribution in [3.05, 3.63) is 44.6 Å². The van der Waals surface area contributed by atoms with E-state index in [4.69, 9.17) is 17.3 Å². The van der Waals surface area contributed by atoms with Crippen molar-refractivity contribution in [2.45, 2.75) is 13.8 Å². The van der Waals surface area contributed by atoms with E-state index in [0.29, 0.717) is 15.6 Å². The average Bonchev–Trinajstić information content (AvgIpc) is 2.76. The van der Waals surface area contributed by atoms with Crippen LogP contribution < -0.4 is 11.1 Å². The number of carbonyl (C=O) groups excluding carboxylic acids is 1. The topological polar surface area (TPSA) is 55.1 Å². The molecule has 0 radical (unpaired) electrons. The highest BCUT2D eigenvalue weighted by Gasteiger charge is 2.14. The molecule has 1 amide bonds. The number of halogens is 1. The lowest BCUT2D eigenvalue weighted by Crippen LogP contribution is -2.13. The monoisotopic (exact) mass is 280 g/mol. The third kappa shape index (κ3) is 2.35. The van der Waals surface area contributed by atoms with Crippen LogP contribution in [0.5, 0.6) is 0 Å². The number of nitrogens with one attached hydrogen (secondary N) is 1. The van der Waals surface area contributed by atoms with Crippen molar-refractivity contribution in [2.75, 3.05) is 11.1 Å². The molecule has 0 spiro atoms. The molecular formula is C13H13ClN2OS. The Morgan fingerprint density at radius 1 is 1.33 bits per heavy atom. The SMILES string of the molecule is Cc1ccc(N)c(C)c1NC(=O)c1sccc1Cl. The normalized spacial score (nSPS) is 10.4. The first-order valence-corrected chi connectivity index (χ1v) is 6.66. The maximum Gasteiger partial charge on any atom is 0.267 e. The number of hydrogen-bond acceptors (Lipinski definition) is 3. The summed E-state index contributed by atoms with van der Waals surface area (Å²) < 4.78 is 0. The molecule has 1 aromatic carbocycles. The summed E-state index contributed by atoms with van der Waals surface area (Å²) in [6.07, 6.45) is 0. The highest BCUT2D eigenvalue weighted by Crippen LogP contribution is 2.28. The lowest BCUT2D eigenvalue weighted by atomic mass is 10.1. The Hall–Kier alpha value is -1.52. The predicted molar refractivity (Wildman–Crippen MR) is 77.6 cm³/mol. The summed E-state index contributed by atoms with van der Waals surface area (Å²) in [6.45, 7) is 3.81. The molecule has 5 heteroatoms. The number of amides is 1. The van der Waals surface area contributed by atoms with Gasteiger partial charge in [0.05, 0.1) is 5.02 Å². The van der Waals surface area contributed by atoms with Crippen LogP contribution in [0.4, 0.5) is 11.4 Å². The van der Waals surface area contributed by atoms with E-state index in [-0.39, 0.29) is 5.91 Å². The van der Waals surface area contributed by atoms with Gasteiger partial charge in [-0.3, -0.25) is 4.79 Å². The third-order valence-corrected chi connectivity index (χ3v) is 4.12. The van der Waals surface area contributed by atoms with Gasteiger partial charge in [-0.15, -0.1) is 11.3 Å². The average molecular weight is 281 g/mol. The van der Waals surface area contributed by atoms with E-state index < -0.39 is 0 Å². The molecule has 18 heavy (non-hydrogen) atoms. The second-order valence-electron chi connectivity index (χ2n) is 4.02. The van der Waals surface area contributed by atoms with Gasteiger partial charge >= 0.3 is 0 Å². The summed E-state index contributed by atoms with van der Waals surface area (Å²) in [6, 6.07) is 5.42. The summed E-state index contributed by atoms with van der Waals surface area (Å²) in [5.74, 6) is -0.202. The van der Waals surface area contributed by atoms with E-state index in [2.05, 4.69) is 5.32 Å². The van der Waals surface area contributed by atoms with Gasteiger partial charge in [0.2, 0.25) is 0 Å². The van der Waals surface area contributed by atoms with Crippen LogP contribution in [0.3, 0.4) is 0 Å². The van der Waals surface area contributed by atoms with Crippen LogP contribution in [0, 0.1) is 13.8 Å². The zero-order valence-corrected chi connectivity index (χ0v) is 11.7. The molecule has 2 rings (SSSR count). The number of thiophene rings is 1. The molecule has 2 aromatic rings.